The van der Waals surface area contributed by atoms with Gasteiger partial charge in [0.25, 0.3) is 0 Å². The lowest BCUT2D eigenvalue weighted by atomic mass is 10.2. The molecule has 0 unspecified atom stereocenters. The Kier molecular flexibility index (Phi) is 3.73. The molecular weight excluding hydrogens is 226 g/mol. The number of ether oxygens (including phenoxy) is 1. The zero-order valence-electron chi connectivity index (χ0n) is 10.3. The van der Waals surface area contributed by atoms with Crippen molar-refractivity contribution < 1.29 is 13.5 Å². The molecule has 1 rings (SSSR count). The average Bonchev–Trinajstić information content (AvgIpc) is 2.07. The molecule has 16 heavy (non-hydrogen) atoms. The highest BCUT2D eigenvalue weighted by Gasteiger charge is 2.20. The van der Waals surface area contributed by atoms with E-state index in [1.54, 1.807) is 20.8 Å². The van der Waals surface area contributed by atoms with E-state index in [1.807, 2.05) is 13.1 Å². The summed E-state index contributed by atoms with van der Waals surface area (Å²) >= 11 is 0. The first kappa shape index (κ1) is 13.2. The predicted octanol–water partition coefficient (Wildman–Crippen LogP) is 3.10. The summed E-state index contributed by atoms with van der Waals surface area (Å²) in [5.74, 6) is -0.856. The molecule has 0 saturated carbocycles. The molecule has 0 bridgehead atoms. The van der Waals surface area contributed by atoms with E-state index in [4.69, 9.17) is 4.74 Å². The van der Waals surface area contributed by atoms with E-state index in [0.29, 0.717) is 5.19 Å². The summed E-state index contributed by atoms with van der Waals surface area (Å²) < 4.78 is 32.7. The smallest absolute Gasteiger partial charge is 0.164 e. The maximum absolute atomic E-state index is 14.0. The van der Waals surface area contributed by atoms with Gasteiger partial charge >= 0.3 is 0 Å². The molecule has 0 aliphatic carbocycles. The second-order valence-electron chi connectivity index (χ2n) is 4.98. The average molecular weight is 243 g/mol. The highest BCUT2D eigenvalue weighted by Crippen LogP contribution is 2.22. The molecule has 0 heterocycles. The van der Waals surface area contributed by atoms with Gasteiger partial charge in [-0.15, -0.1) is 0 Å². The Morgan fingerprint density at radius 1 is 1.12 bits per heavy atom. The summed E-state index contributed by atoms with van der Waals surface area (Å²) in [6.07, 6.45) is 0. The zero-order valence-corrected chi connectivity index (χ0v) is 11.3. The number of halogens is 2. The van der Waals surface area contributed by atoms with Gasteiger partial charge in [-0.3, -0.25) is 0 Å². The second kappa shape index (κ2) is 4.53. The Morgan fingerprint density at radius 3 is 2.12 bits per heavy atom. The Hall–Kier alpha value is -0.903. The molecule has 1 nitrogen and oxygen atoms in total. The summed E-state index contributed by atoms with van der Waals surface area (Å²) in [5.41, 5.74) is -0.527. The fourth-order valence-corrected chi connectivity index (χ4v) is 2.32. The van der Waals surface area contributed by atoms with Gasteiger partial charge in [0, 0.05) is 6.07 Å². The fourth-order valence-electron chi connectivity index (χ4n) is 1.33. The van der Waals surface area contributed by atoms with Crippen LogP contribution in [0.5, 0.6) is 5.75 Å². The highest BCUT2D eigenvalue weighted by molar-refractivity contribution is 6.70. The van der Waals surface area contributed by atoms with E-state index >= 15 is 0 Å². The van der Waals surface area contributed by atoms with Gasteiger partial charge < -0.3 is 4.74 Å². The van der Waals surface area contributed by atoms with Gasteiger partial charge in [-0.1, -0.05) is 13.1 Å². The Bertz CT molecular complexity index is 383. The number of rotatable bonds is 2. The summed E-state index contributed by atoms with van der Waals surface area (Å²) in [5, 5.41) is 0.448. The van der Waals surface area contributed by atoms with Gasteiger partial charge in [0.15, 0.2) is 11.6 Å². The van der Waals surface area contributed by atoms with Crippen molar-refractivity contribution in [1.82, 2.24) is 0 Å². The molecule has 0 aromatic heterocycles. The van der Waals surface area contributed by atoms with Crippen molar-refractivity contribution in [1.29, 1.82) is 0 Å². The highest BCUT2D eigenvalue weighted by atomic mass is 28.3. The van der Waals surface area contributed by atoms with Crippen LogP contribution in [-0.4, -0.2) is 14.4 Å². The van der Waals surface area contributed by atoms with Crippen molar-refractivity contribution in [3.05, 3.63) is 23.8 Å². The van der Waals surface area contributed by atoms with Crippen molar-refractivity contribution in [3.8, 4) is 5.75 Å². The topological polar surface area (TPSA) is 9.23 Å². The molecule has 0 aliphatic rings. The van der Waals surface area contributed by atoms with E-state index in [1.165, 1.54) is 6.07 Å². The van der Waals surface area contributed by atoms with Gasteiger partial charge in [-0.2, -0.15) is 0 Å². The van der Waals surface area contributed by atoms with E-state index in [2.05, 4.69) is 0 Å². The van der Waals surface area contributed by atoms with Crippen LogP contribution in [0.25, 0.3) is 0 Å². The molecule has 0 N–H and O–H groups in total. The van der Waals surface area contributed by atoms with Crippen LogP contribution in [0.4, 0.5) is 8.78 Å². The Morgan fingerprint density at radius 2 is 1.69 bits per heavy atom. The van der Waals surface area contributed by atoms with Gasteiger partial charge in [0.05, 0.1) is 8.80 Å². The van der Waals surface area contributed by atoms with Crippen LogP contribution < -0.4 is 9.92 Å². The predicted molar refractivity (Wildman–Crippen MR) is 63.9 cm³/mol. The molecule has 0 atom stereocenters. The van der Waals surface area contributed by atoms with E-state index in [0.717, 1.165) is 6.07 Å². The molecule has 0 fully saturated rings. The minimum Gasteiger partial charge on any atom is -0.485 e. The standard InChI is InChI=1S/C12H17F2OSi/c1-12(2,3)15-9-6-8(13)7-10(11(9)14)16(4)5/h6-7H,1-5H3. The van der Waals surface area contributed by atoms with Crippen molar-refractivity contribution in [2.45, 2.75) is 39.5 Å². The lowest BCUT2D eigenvalue weighted by molar-refractivity contribution is 0.124. The van der Waals surface area contributed by atoms with Crippen LogP contribution in [0.2, 0.25) is 13.1 Å². The third kappa shape index (κ3) is 3.30. The lowest BCUT2D eigenvalue weighted by Crippen LogP contribution is -2.30. The monoisotopic (exact) mass is 243 g/mol. The molecule has 0 saturated heterocycles. The molecule has 0 aliphatic heterocycles. The molecule has 0 amide bonds. The van der Waals surface area contributed by atoms with Gasteiger partial charge in [-0.05, 0) is 32.0 Å². The van der Waals surface area contributed by atoms with E-state index < -0.39 is 26.0 Å². The van der Waals surface area contributed by atoms with E-state index in [9.17, 15) is 8.78 Å². The van der Waals surface area contributed by atoms with Gasteiger partial charge in [0.2, 0.25) is 0 Å². The summed E-state index contributed by atoms with van der Waals surface area (Å²) in [6, 6.07) is 2.37. The van der Waals surface area contributed by atoms with Crippen LogP contribution in [-0.2, 0) is 0 Å². The largest absolute Gasteiger partial charge is 0.485 e. The molecule has 1 aromatic rings. The van der Waals surface area contributed by atoms with E-state index in [-0.39, 0.29) is 5.75 Å². The summed E-state index contributed by atoms with van der Waals surface area (Å²) in [7, 11) is -1.04. The first-order valence-electron chi connectivity index (χ1n) is 5.19. The lowest BCUT2D eigenvalue weighted by Gasteiger charge is -2.22. The van der Waals surface area contributed by atoms with Crippen molar-refractivity contribution >= 4 is 14.0 Å². The number of benzene rings is 1. The van der Waals surface area contributed by atoms with Crippen molar-refractivity contribution in [3.63, 3.8) is 0 Å². The fraction of sp³-hybridized carbons (Fsp3) is 0.500. The summed E-state index contributed by atoms with van der Waals surface area (Å²) in [6.45, 7) is 9.26. The molecule has 4 heteroatoms. The molecule has 89 valence electrons. The Labute approximate surface area is 97.0 Å². The molecule has 0 spiro atoms. The minimum atomic E-state index is -1.04. The van der Waals surface area contributed by atoms with Crippen LogP contribution in [0.15, 0.2) is 12.1 Å². The minimum absolute atomic E-state index is 0.00806. The maximum atomic E-state index is 14.0. The molecule has 1 aromatic carbocycles. The van der Waals surface area contributed by atoms with Crippen LogP contribution in [0.3, 0.4) is 0 Å². The van der Waals surface area contributed by atoms with Crippen LogP contribution in [0.1, 0.15) is 20.8 Å². The summed E-state index contributed by atoms with van der Waals surface area (Å²) in [4.78, 5) is 0. The molecular formula is C12H17F2OSi. The maximum Gasteiger partial charge on any atom is 0.164 e. The van der Waals surface area contributed by atoms with Crippen LogP contribution >= 0.6 is 0 Å². The third-order valence-electron chi connectivity index (χ3n) is 1.96. The number of hydrogen-bond donors (Lipinski definition) is 0. The quantitative estimate of drug-likeness (QED) is 0.725. The first-order valence-corrected chi connectivity index (χ1v) is 7.69. The van der Waals surface area contributed by atoms with Gasteiger partial charge in [0.1, 0.15) is 11.4 Å². The SMILES string of the molecule is C[Si](C)c1cc(F)cc(OC(C)(C)C)c1F. The number of hydrogen-bond acceptors (Lipinski definition) is 1. The normalized spacial score (nSPS) is 12.0. The third-order valence-corrected chi connectivity index (χ3v) is 3.40. The van der Waals surface area contributed by atoms with Gasteiger partial charge in [-0.25, -0.2) is 8.78 Å². The second-order valence-corrected chi connectivity index (χ2v) is 7.52. The first-order chi connectivity index (χ1) is 7.20. The van der Waals surface area contributed by atoms with Crippen molar-refractivity contribution in [2.75, 3.05) is 0 Å². The van der Waals surface area contributed by atoms with Crippen molar-refractivity contribution in [2.24, 2.45) is 0 Å². The zero-order chi connectivity index (χ0) is 12.5. The van der Waals surface area contributed by atoms with Crippen LogP contribution in [0, 0.1) is 11.6 Å². The molecule has 1 radical (unpaired) electrons. The Balaban J connectivity index is 3.19.